The topological polar surface area (TPSA) is 9.23 Å². The zero-order valence-electron chi connectivity index (χ0n) is 13.4. The van der Waals surface area contributed by atoms with Crippen LogP contribution in [0, 0.1) is 0 Å². The summed E-state index contributed by atoms with van der Waals surface area (Å²) in [6.45, 7) is 6.98. The molecule has 19 heavy (non-hydrogen) atoms. The maximum absolute atomic E-state index is 6.65. The van der Waals surface area contributed by atoms with E-state index < -0.39 is 8.32 Å². The normalized spacial score (nSPS) is 24.7. The lowest BCUT2D eigenvalue weighted by atomic mass is 10.1. The van der Waals surface area contributed by atoms with Crippen LogP contribution in [-0.2, 0) is 4.43 Å². The van der Waals surface area contributed by atoms with Crippen molar-refractivity contribution in [3.63, 3.8) is 0 Å². The highest BCUT2D eigenvalue weighted by atomic mass is 28.4. The molecule has 1 rings (SSSR count). The largest absolute Gasteiger partial charge is 0.411 e. The van der Waals surface area contributed by atoms with Gasteiger partial charge in [0.1, 0.15) is 0 Å². The highest BCUT2D eigenvalue weighted by molar-refractivity contribution is 6.73. The fourth-order valence-corrected chi connectivity index (χ4v) is 5.92. The summed E-state index contributed by atoms with van der Waals surface area (Å²) < 4.78 is 6.65. The summed E-state index contributed by atoms with van der Waals surface area (Å²) in [6, 6.07) is 3.80. The summed E-state index contributed by atoms with van der Waals surface area (Å²) in [5.41, 5.74) is 0. The molecular formula is C17H34OSi. The first-order chi connectivity index (χ1) is 9.26. The molecule has 1 aliphatic carbocycles. The van der Waals surface area contributed by atoms with Gasteiger partial charge in [0.15, 0.2) is 8.32 Å². The van der Waals surface area contributed by atoms with E-state index in [0.29, 0.717) is 6.10 Å². The lowest BCUT2D eigenvalue weighted by molar-refractivity contribution is 0.217. The van der Waals surface area contributed by atoms with Crippen molar-refractivity contribution in [3.8, 4) is 0 Å². The smallest absolute Gasteiger partial charge is 0.192 e. The van der Waals surface area contributed by atoms with Gasteiger partial charge < -0.3 is 4.43 Å². The molecule has 0 aliphatic heterocycles. The van der Waals surface area contributed by atoms with Gasteiger partial charge in [-0.25, -0.2) is 0 Å². The Hall–Kier alpha value is -0.0831. The minimum absolute atomic E-state index is 0.407. The first-order valence-electron chi connectivity index (χ1n) is 8.60. The van der Waals surface area contributed by atoms with Crippen molar-refractivity contribution in [1.29, 1.82) is 0 Å². The molecule has 1 nitrogen and oxygen atoms in total. The van der Waals surface area contributed by atoms with Crippen molar-refractivity contribution < 1.29 is 4.43 Å². The molecule has 0 saturated heterocycles. The van der Waals surface area contributed by atoms with Crippen LogP contribution in [0.1, 0.15) is 72.1 Å². The lowest BCUT2D eigenvalue weighted by Crippen LogP contribution is -2.39. The summed E-state index contributed by atoms with van der Waals surface area (Å²) in [6.07, 6.45) is 16.0. The number of hydrogen-bond donors (Lipinski definition) is 0. The molecule has 1 aliphatic rings. The molecule has 1 unspecified atom stereocenters. The fourth-order valence-electron chi connectivity index (χ4n) is 3.08. The predicted molar refractivity (Wildman–Crippen MR) is 88.1 cm³/mol. The third kappa shape index (κ3) is 6.27. The van der Waals surface area contributed by atoms with Crippen LogP contribution in [0.2, 0.25) is 18.1 Å². The van der Waals surface area contributed by atoms with Gasteiger partial charge in [-0.3, -0.25) is 0 Å². The van der Waals surface area contributed by atoms with Gasteiger partial charge in [-0.2, -0.15) is 0 Å². The van der Waals surface area contributed by atoms with E-state index in [9.17, 15) is 0 Å². The molecule has 0 aromatic rings. The molecule has 1 atom stereocenters. The van der Waals surface area contributed by atoms with E-state index in [-0.39, 0.29) is 0 Å². The van der Waals surface area contributed by atoms with Crippen LogP contribution in [0.25, 0.3) is 0 Å². The van der Waals surface area contributed by atoms with Gasteiger partial charge in [0, 0.05) is 0 Å². The molecular weight excluding hydrogens is 248 g/mol. The van der Waals surface area contributed by atoms with Crippen molar-refractivity contribution in [2.75, 3.05) is 0 Å². The van der Waals surface area contributed by atoms with E-state index in [1.165, 1.54) is 69.5 Å². The Bertz CT molecular complexity index is 237. The molecule has 0 N–H and O–H groups in total. The van der Waals surface area contributed by atoms with Crippen molar-refractivity contribution in [2.45, 2.75) is 96.4 Å². The number of hydrogen-bond acceptors (Lipinski definition) is 1. The van der Waals surface area contributed by atoms with Crippen LogP contribution < -0.4 is 0 Å². The van der Waals surface area contributed by atoms with E-state index in [1.807, 2.05) is 0 Å². The van der Waals surface area contributed by atoms with Gasteiger partial charge in [-0.1, -0.05) is 65.0 Å². The molecule has 2 heteroatoms. The van der Waals surface area contributed by atoms with Gasteiger partial charge in [-0.05, 0) is 37.4 Å². The van der Waals surface area contributed by atoms with Crippen LogP contribution in [0.5, 0.6) is 0 Å². The third-order valence-electron chi connectivity index (χ3n) is 4.79. The number of allylic oxidation sites excluding steroid dienone is 1. The Kier molecular flexibility index (Phi) is 8.72. The van der Waals surface area contributed by atoms with Crippen molar-refractivity contribution in [2.24, 2.45) is 0 Å². The Morgan fingerprint density at radius 1 is 0.895 bits per heavy atom. The zero-order chi connectivity index (χ0) is 14.0. The second-order valence-electron chi connectivity index (χ2n) is 6.03. The third-order valence-corrected chi connectivity index (χ3v) is 9.46. The van der Waals surface area contributed by atoms with Gasteiger partial charge >= 0.3 is 0 Å². The molecule has 0 saturated carbocycles. The van der Waals surface area contributed by atoms with E-state index in [0.717, 1.165) is 0 Å². The Balaban J connectivity index is 2.59. The maximum atomic E-state index is 6.65. The van der Waals surface area contributed by atoms with E-state index in [4.69, 9.17) is 4.43 Å². The number of rotatable bonds is 5. The second kappa shape index (κ2) is 9.76. The molecule has 0 amide bonds. The summed E-state index contributed by atoms with van der Waals surface area (Å²) >= 11 is 0. The van der Waals surface area contributed by atoms with Crippen molar-refractivity contribution >= 4 is 8.32 Å². The Labute approximate surface area is 122 Å². The summed E-state index contributed by atoms with van der Waals surface area (Å²) in [7, 11) is -1.44. The first kappa shape index (κ1) is 17.0. The van der Waals surface area contributed by atoms with Gasteiger partial charge in [0.05, 0.1) is 6.10 Å². The van der Waals surface area contributed by atoms with E-state index >= 15 is 0 Å². The molecule has 0 aromatic carbocycles. The average molecular weight is 283 g/mol. The summed E-state index contributed by atoms with van der Waals surface area (Å²) in [5.74, 6) is 0. The van der Waals surface area contributed by atoms with E-state index in [2.05, 4.69) is 32.9 Å². The van der Waals surface area contributed by atoms with Crippen LogP contribution in [-0.4, -0.2) is 14.4 Å². The maximum Gasteiger partial charge on any atom is 0.192 e. The molecule has 0 spiro atoms. The van der Waals surface area contributed by atoms with Crippen molar-refractivity contribution in [1.82, 2.24) is 0 Å². The SMILES string of the molecule is CC[Si](CC)(CC)OC1/C=C/CCCCCCCC1. The predicted octanol–water partition coefficient (Wildman–Crippen LogP) is 6.07. The quantitative estimate of drug-likeness (QED) is 0.439. The van der Waals surface area contributed by atoms with Gasteiger partial charge in [-0.15, -0.1) is 0 Å². The minimum atomic E-state index is -1.44. The lowest BCUT2D eigenvalue weighted by Gasteiger charge is -2.32. The monoisotopic (exact) mass is 282 g/mol. The first-order valence-corrected chi connectivity index (χ1v) is 11.1. The summed E-state index contributed by atoms with van der Waals surface area (Å²) in [5, 5.41) is 0. The van der Waals surface area contributed by atoms with Crippen LogP contribution in [0.4, 0.5) is 0 Å². The highest BCUT2D eigenvalue weighted by Gasteiger charge is 2.31. The van der Waals surface area contributed by atoms with Crippen LogP contribution in [0.3, 0.4) is 0 Å². The molecule has 112 valence electrons. The zero-order valence-corrected chi connectivity index (χ0v) is 14.4. The molecule has 0 heterocycles. The fraction of sp³-hybridized carbons (Fsp3) is 0.882. The standard InChI is InChI=1S/C17H34OSi/c1-4-19(5-2,6-3)18-17-15-13-11-9-7-8-10-12-14-16-17/h13,15,17H,4-12,14,16H2,1-3H3/b15-13+. The highest BCUT2D eigenvalue weighted by Crippen LogP contribution is 2.26. The molecule has 0 fully saturated rings. The van der Waals surface area contributed by atoms with Crippen molar-refractivity contribution in [3.05, 3.63) is 12.2 Å². The Morgan fingerprint density at radius 2 is 1.47 bits per heavy atom. The molecule has 0 radical (unpaired) electrons. The average Bonchev–Trinajstić information content (AvgIpc) is 2.51. The van der Waals surface area contributed by atoms with Crippen LogP contribution >= 0.6 is 0 Å². The molecule has 0 bridgehead atoms. The van der Waals surface area contributed by atoms with Crippen LogP contribution in [0.15, 0.2) is 12.2 Å². The van der Waals surface area contributed by atoms with Gasteiger partial charge in [0.25, 0.3) is 0 Å². The summed E-state index contributed by atoms with van der Waals surface area (Å²) in [4.78, 5) is 0. The molecule has 0 aromatic heterocycles. The Morgan fingerprint density at radius 3 is 2.11 bits per heavy atom. The second-order valence-corrected chi connectivity index (χ2v) is 10.7. The minimum Gasteiger partial charge on any atom is -0.411 e. The van der Waals surface area contributed by atoms with E-state index in [1.54, 1.807) is 0 Å². The van der Waals surface area contributed by atoms with Gasteiger partial charge in [0.2, 0.25) is 0 Å².